The number of benzene rings is 2. The van der Waals surface area contributed by atoms with Crippen LogP contribution in [0.1, 0.15) is 26.3 Å². The molecule has 2 rings (SSSR count). The first-order valence-corrected chi connectivity index (χ1v) is 9.15. The molecule has 0 spiro atoms. The third-order valence-electron chi connectivity index (χ3n) is 4.62. The number of carboxylic acids is 1. The van der Waals surface area contributed by atoms with E-state index in [2.05, 4.69) is 15.4 Å². The van der Waals surface area contributed by atoms with Crippen LogP contribution in [0.3, 0.4) is 0 Å². The summed E-state index contributed by atoms with van der Waals surface area (Å²) in [5, 5.41) is 23.7. The molecule has 5 N–H and O–H groups in total. The highest BCUT2D eigenvalue weighted by Gasteiger charge is 2.32. The summed E-state index contributed by atoms with van der Waals surface area (Å²) in [7, 11) is 3.96. The Morgan fingerprint density at radius 1 is 1.16 bits per heavy atom. The molecule has 0 aliphatic carbocycles. The molecule has 0 radical (unpaired) electrons. The van der Waals surface area contributed by atoms with Crippen molar-refractivity contribution in [2.24, 2.45) is 5.73 Å². The number of carboxylic acid groups (broad SMARTS) is 1. The van der Waals surface area contributed by atoms with Crippen LogP contribution >= 0.6 is 0 Å². The van der Waals surface area contributed by atoms with Crippen molar-refractivity contribution in [2.45, 2.75) is 6.04 Å². The van der Waals surface area contributed by atoms with Gasteiger partial charge in [-0.25, -0.2) is 9.59 Å². The number of esters is 1. The minimum absolute atomic E-state index is 0.00779. The first-order chi connectivity index (χ1) is 15.1. The smallest absolute Gasteiger partial charge is 0.338 e. The van der Waals surface area contributed by atoms with Gasteiger partial charge in [0, 0.05) is 19.7 Å². The third kappa shape index (κ3) is 4.93. The number of nitrogens with one attached hydrogen (secondary N) is 2. The zero-order chi connectivity index (χ0) is 24.0. The van der Waals surface area contributed by atoms with Gasteiger partial charge in [0.1, 0.15) is 0 Å². The number of hydrogen-bond acceptors (Lipinski definition) is 8. The average Bonchev–Trinajstić information content (AvgIpc) is 2.78. The Morgan fingerprint density at radius 3 is 2.25 bits per heavy atom. The van der Waals surface area contributed by atoms with Crippen molar-refractivity contribution in [1.29, 1.82) is 5.26 Å². The summed E-state index contributed by atoms with van der Waals surface area (Å²) >= 11 is 0. The van der Waals surface area contributed by atoms with E-state index >= 15 is 0 Å². The van der Waals surface area contributed by atoms with E-state index in [0.717, 1.165) is 7.11 Å². The lowest BCUT2D eigenvalue weighted by atomic mass is 10.1. The highest BCUT2D eigenvalue weighted by atomic mass is 16.5. The number of hydrogen-bond donors (Lipinski definition) is 4. The number of aromatic carboxylic acids is 1. The molecule has 0 aromatic heterocycles. The van der Waals surface area contributed by atoms with Crippen LogP contribution in [0.2, 0.25) is 0 Å². The zero-order valence-electron chi connectivity index (χ0n) is 17.5. The summed E-state index contributed by atoms with van der Waals surface area (Å²) in [6.45, 7) is 0. The molecule has 1 atom stereocenters. The second kappa shape index (κ2) is 9.94. The lowest BCUT2D eigenvalue weighted by Gasteiger charge is -2.28. The number of anilines is 3. The van der Waals surface area contributed by atoms with Gasteiger partial charge in [0.15, 0.2) is 0 Å². The van der Waals surface area contributed by atoms with Crippen molar-refractivity contribution in [3.05, 3.63) is 53.1 Å². The second-order valence-electron chi connectivity index (χ2n) is 6.55. The average molecular weight is 439 g/mol. The van der Waals surface area contributed by atoms with E-state index in [0.29, 0.717) is 5.56 Å². The van der Waals surface area contributed by atoms with Crippen LogP contribution in [0.5, 0.6) is 0 Å². The van der Waals surface area contributed by atoms with E-state index in [1.165, 1.54) is 55.4 Å². The van der Waals surface area contributed by atoms with Crippen LogP contribution < -0.4 is 21.3 Å². The van der Waals surface area contributed by atoms with Crippen LogP contribution in [0.15, 0.2) is 36.4 Å². The molecular weight excluding hydrogens is 418 g/mol. The van der Waals surface area contributed by atoms with Gasteiger partial charge >= 0.3 is 11.9 Å². The third-order valence-corrected chi connectivity index (χ3v) is 4.62. The van der Waals surface area contributed by atoms with E-state index in [4.69, 9.17) is 11.0 Å². The predicted octanol–water partition coefficient (Wildman–Crippen LogP) is 1.01. The lowest BCUT2D eigenvalue weighted by molar-refractivity contribution is -0.145. The quantitative estimate of drug-likeness (QED) is 0.345. The molecule has 32 heavy (non-hydrogen) atoms. The lowest BCUT2D eigenvalue weighted by Crippen LogP contribution is -2.49. The molecule has 2 amide bonds. The minimum atomic E-state index is -1.54. The van der Waals surface area contributed by atoms with Crippen molar-refractivity contribution in [3.8, 4) is 6.07 Å². The standard InChI is InChI=1S/C21H21N5O6/c1-24-14-9-16(26(2)17(18(23)27)21(31)32-3)15(8-13(14)20(29)30)25-19(28)12-6-4-11(10-22)5-7-12/h4-9,17,24H,1-3H3,(H2,23,27)(H,25,28)(H,29,30). The number of primary amides is 1. The Kier molecular flexibility index (Phi) is 7.36. The van der Waals surface area contributed by atoms with E-state index in [-0.39, 0.29) is 28.2 Å². The van der Waals surface area contributed by atoms with Gasteiger partial charge < -0.3 is 31.1 Å². The topological polar surface area (TPSA) is 175 Å². The number of likely N-dealkylation sites (N-methyl/N-ethyl adjacent to an activating group) is 1. The van der Waals surface area contributed by atoms with Crippen molar-refractivity contribution >= 4 is 40.8 Å². The summed E-state index contributed by atoms with van der Waals surface area (Å²) in [6, 6.07) is 8.72. The highest BCUT2D eigenvalue weighted by molar-refractivity contribution is 6.10. The maximum absolute atomic E-state index is 12.8. The number of carbonyl (C=O) groups is 4. The fourth-order valence-electron chi connectivity index (χ4n) is 2.97. The molecule has 0 bridgehead atoms. The molecule has 1 unspecified atom stereocenters. The number of nitriles is 1. The fraction of sp³-hybridized carbons (Fsp3) is 0.190. The van der Waals surface area contributed by atoms with Gasteiger partial charge in [-0.1, -0.05) is 0 Å². The summed E-state index contributed by atoms with van der Waals surface area (Å²) < 4.78 is 4.64. The van der Waals surface area contributed by atoms with E-state index in [1.807, 2.05) is 6.07 Å². The van der Waals surface area contributed by atoms with Gasteiger partial charge in [0.05, 0.1) is 41.4 Å². The van der Waals surface area contributed by atoms with Crippen LogP contribution in [0, 0.1) is 11.3 Å². The van der Waals surface area contributed by atoms with Gasteiger partial charge in [0.2, 0.25) is 6.04 Å². The van der Waals surface area contributed by atoms with Crippen LogP contribution in [0.4, 0.5) is 17.1 Å². The predicted molar refractivity (Wildman–Crippen MR) is 115 cm³/mol. The van der Waals surface area contributed by atoms with E-state index < -0.39 is 29.8 Å². The molecule has 2 aromatic rings. The summed E-state index contributed by atoms with van der Waals surface area (Å²) in [6.07, 6.45) is 0. The Morgan fingerprint density at radius 2 is 1.78 bits per heavy atom. The Bertz CT molecular complexity index is 1110. The summed E-state index contributed by atoms with van der Waals surface area (Å²) in [5.41, 5.74) is 6.08. The maximum atomic E-state index is 12.8. The van der Waals surface area contributed by atoms with E-state index in [1.54, 1.807) is 0 Å². The van der Waals surface area contributed by atoms with E-state index in [9.17, 15) is 24.3 Å². The van der Waals surface area contributed by atoms with Crippen LogP contribution in [0.25, 0.3) is 0 Å². The largest absolute Gasteiger partial charge is 0.478 e. The molecule has 0 saturated heterocycles. The van der Waals surface area contributed by atoms with Crippen molar-refractivity contribution in [3.63, 3.8) is 0 Å². The number of nitrogens with zero attached hydrogens (tertiary/aromatic N) is 2. The Labute approximate surface area is 183 Å². The molecule has 0 aliphatic rings. The number of nitrogens with two attached hydrogens (primary N) is 1. The SMILES string of the molecule is CNc1cc(N(C)C(C(N)=O)C(=O)OC)c(NC(=O)c2ccc(C#N)cc2)cc1C(=O)O. The molecule has 2 aromatic carbocycles. The zero-order valence-corrected chi connectivity index (χ0v) is 17.5. The summed E-state index contributed by atoms with van der Waals surface area (Å²) in [4.78, 5) is 49.7. The molecular formula is C21H21N5O6. The number of amides is 2. The first-order valence-electron chi connectivity index (χ1n) is 9.15. The monoisotopic (exact) mass is 439 g/mol. The Balaban J connectivity index is 2.60. The fourth-order valence-corrected chi connectivity index (χ4v) is 2.97. The van der Waals surface area contributed by atoms with Crippen LogP contribution in [-0.2, 0) is 14.3 Å². The molecule has 0 fully saturated rings. The van der Waals surface area contributed by atoms with Crippen molar-refractivity contribution < 1.29 is 29.0 Å². The van der Waals surface area contributed by atoms with Crippen molar-refractivity contribution in [2.75, 3.05) is 36.7 Å². The van der Waals surface area contributed by atoms with Crippen LogP contribution in [-0.4, -0.2) is 56.1 Å². The van der Waals surface area contributed by atoms with Gasteiger partial charge in [-0.2, -0.15) is 5.26 Å². The number of carbonyl (C=O) groups excluding carboxylic acids is 3. The normalized spacial score (nSPS) is 10.9. The van der Waals surface area contributed by atoms with Crippen molar-refractivity contribution in [1.82, 2.24) is 0 Å². The molecule has 166 valence electrons. The molecule has 11 nitrogen and oxygen atoms in total. The molecule has 11 heteroatoms. The first kappa shape index (κ1) is 23.7. The number of methoxy groups -OCH3 is 1. The second-order valence-corrected chi connectivity index (χ2v) is 6.55. The molecule has 0 aliphatic heterocycles. The minimum Gasteiger partial charge on any atom is -0.478 e. The number of ether oxygens (including phenoxy) is 1. The number of rotatable bonds is 8. The Hall–Kier alpha value is -4.59. The van der Waals surface area contributed by atoms with Gasteiger partial charge in [0.25, 0.3) is 11.8 Å². The molecule has 0 saturated carbocycles. The maximum Gasteiger partial charge on any atom is 0.338 e. The highest BCUT2D eigenvalue weighted by Crippen LogP contribution is 2.34. The van der Waals surface area contributed by atoms with Gasteiger partial charge in [-0.15, -0.1) is 0 Å². The van der Waals surface area contributed by atoms with Gasteiger partial charge in [-0.05, 0) is 36.4 Å². The van der Waals surface area contributed by atoms with Gasteiger partial charge in [-0.3, -0.25) is 9.59 Å². The molecule has 0 heterocycles. The summed E-state index contributed by atoms with van der Waals surface area (Å²) in [5.74, 6) is -3.81.